The van der Waals surface area contributed by atoms with E-state index in [1.807, 2.05) is 0 Å². The predicted octanol–water partition coefficient (Wildman–Crippen LogP) is 5.70. The third-order valence-corrected chi connectivity index (χ3v) is 5.28. The summed E-state index contributed by atoms with van der Waals surface area (Å²) < 4.78 is 2.39. The van der Waals surface area contributed by atoms with E-state index in [4.69, 9.17) is 11.6 Å². The molecule has 15 heavy (non-hydrogen) atoms. The van der Waals surface area contributed by atoms with Crippen LogP contribution >= 0.6 is 43.5 Å². The molecule has 1 aliphatic carbocycles. The van der Waals surface area contributed by atoms with Crippen LogP contribution in [0.4, 0.5) is 0 Å². The summed E-state index contributed by atoms with van der Waals surface area (Å²) >= 11 is 13.7. The van der Waals surface area contributed by atoms with Gasteiger partial charge in [-0.15, -0.1) is 11.6 Å². The highest BCUT2D eigenvalue weighted by atomic mass is 79.9. The lowest BCUT2D eigenvalue weighted by molar-refractivity contribution is 0.574. The maximum atomic E-state index is 6.41. The molecule has 82 valence electrons. The molecule has 0 aromatic heterocycles. The lowest BCUT2D eigenvalue weighted by atomic mass is 9.83. The minimum absolute atomic E-state index is 0.154. The molecule has 0 nitrogen and oxygen atoms in total. The molecule has 0 saturated carbocycles. The van der Waals surface area contributed by atoms with Gasteiger partial charge in [0.15, 0.2) is 0 Å². The van der Waals surface area contributed by atoms with Crippen molar-refractivity contribution >= 4 is 43.5 Å². The molecular formula is C12H13Br2Cl. The number of aryl methyl sites for hydroxylation is 1. The summed E-state index contributed by atoms with van der Waals surface area (Å²) in [5, 5.41) is 0.154. The molecule has 0 amide bonds. The fourth-order valence-corrected chi connectivity index (χ4v) is 4.32. The van der Waals surface area contributed by atoms with Crippen LogP contribution < -0.4 is 0 Å². The average molecular weight is 352 g/mol. The van der Waals surface area contributed by atoms with E-state index in [0.717, 1.165) is 6.42 Å². The second kappa shape index (κ2) is 4.38. The quantitative estimate of drug-likeness (QED) is 0.526. The molecule has 3 heteroatoms. The molecule has 1 aromatic rings. The Bertz CT molecular complexity index is 401. The number of halogens is 3. The molecule has 2 rings (SSSR count). The molecule has 0 N–H and O–H groups in total. The zero-order valence-corrected chi connectivity index (χ0v) is 12.7. The molecule has 0 bridgehead atoms. The first-order chi connectivity index (χ1) is 7.02. The van der Waals surface area contributed by atoms with Gasteiger partial charge in [-0.3, -0.25) is 0 Å². The van der Waals surface area contributed by atoms with Crippen molar-refractivity contribution in [2.75, 3.05) is 0 Å². The first-order valence-corrected chi connectivity index (χ1v) is 7.17. The minimum atomic E-state index is 0.154. The Labute approximate surface area is 113 Å². The van der Waals surface area contributed by atoms with Crippen LogP contribution in [0.2, 0.25) is 0 Å². The summed E-state index contributed by atoms with van der Waals surface area (Å²) in [5.41, 5.74) is 3.93. The van der Waals surface area contributed by atoms with Crippen LogP contribution in [0.3, 0.4) is 0 Å². The molecule has 2 atom stereocenters. The Hall–Kier alpha value is 0.470. The van der Waals surface area contributed by atoms with Crippen molar-refractivity contribution in [3.8, 4) is 0 Å². The second-order valence-electron chi connectivity index (χ2n) is 4.26. The maximum Gasteiger partial charge on any atom is 0.0599 e. The van der Waals surface area contributed by atoms with E-state index in [-0.39, 0.29) is 5.38 Å². The average Bonchev–Trinajstić information content (AvgIpc) is 2.18. The van der Waals surface area contributed by atoms with Gasteiger partial charge in [-0.25, -0.2) is 0 Å². The molecule has 0 aliphatic heterocycles. The number of hydrogen-bond donors (Lipinski definition) is 0. The Kier molecular flexibility index (Phi) is 3.49. The zero-order chi connectivity index (χ0) is 11.2. The smallest absolute Gasteiger partial charge is 0.0599 e. The highest BCUT2D eigenvalue weighted by molar-refractivity contribution is 9.11. The first kappa shape index (κ1) is 11.9. The summed E-state index contributed by atoms with van der Waals surface area (Å²) in [4.78, 5) is 0. The van der Waals surface area contributed by atoms with Gasteiger partial charge in [0.1, 0.15) is 0 Å². The fraction of sp³-hybridized carbons (Fsp3) is 0.500. The Morgan fingerprint density at radius 2 is 1.93 bits per heavy atom. The van der Waals surface area contributed by atoms with Crippen LogP contribution in [0.1, 0.15) is 47.8 Å². The molecule has 0 heterocycles. The van der Waals surface area contributed by atoms with Crippen molar-refractivity contribution < 1.29 is 0 Å². The summed E-state index contributed by atoms with van der Waals surface area (Å²) in [5.74, 6) is 0.598. The van der Waals surface area contributed by atoms with E-state index < -0.39 is 0 Å². The van der Waals surface area contributed by atoms with Crippen LogP contribution in [0.15, 0.2) is 15.0 Å². The second-order valence-corrected chi connectivity index (χ2v) is 6.44. The third kappa shape index (κ3) is 2.01. The molecule has 0 fully saturated rings. The first-order valence-electron chi connectivity index (χ1n) is 5.14. The Morgan fingerprint density at radius 1 is 1.27 bits per heavy atom. The van der Waals surface area contributed by atoms with Crippen LogP contribution in [0.5, 0.6) is 0 Å². The highest BCUT2D eigenvalue weighted by Gasteiger charge is 2.28. The lowest BCUT2D eigenvalue weighted by Crippen LogP contribution is -2.11. The predicted molar refractivity (Wildman–Crippen MR) is 72.8 cm³/mol. The van der Waals surface area contributed by atoms with E-state index in [9.17, 15) is 0 Å². The molecule has 2 unspecified atom stereocenters. The number of fused-ring (bicyclic) bond motifs is 1. The molecule has 0 spiro atoms. The van der Waals surface area contributed by atoms with Gasteiger partial charge in [-0.1, -0.05) is 38.8 Å². The number of hydrogen-bond acceptors (Lipinski definition) is 0. The van der Waals surface area contributed by atoms with E-state index in [1.54, 1.807) is 0 Å². The zero-order valence-electron chi connectivity index (χ0n) is 8.78. The van der Waals surface area contributed by atoms with E-state index in [2.05, 4.69) is 51.8 Å². The van der Waals surface area contributed by atoms with Gasteiger partial charge in [0.2, 0.25) is 0 Å². The highest BCUT2D eigenvalue weighted by Crippen LogP contribution is 2.47. The van der Waals surface area contributed by atoms with Crippen molar-refractivity contribution in [3.05, 3.63) is 31.7 Å². The van der Waals surface area contributed by atoms with Gasteiger partial charge in [-0.2, -0.15) is 0 Å². The summed E-state index contributed by atoms with van der Waals surface area (Å²) in [6.07, 6.45) is 2.25. The van der Waals surface area contributed by atoms with E-state index in [0.29, 0.717) is 5.92 Å². The van der Waals surface area contributed by atoms with Crippen LogP contribution in [-0.4, -0.2) is 0 Å². The van der Waals surface area contributed by atoms with Crippen molar-refractivity contribution in [1.82, 2.24) is 0 Å². The van der Waals surface area contributed by atoms with Gasteiger partial charge in [0.05, 0.1) is 5.38 Å². The van der Waals surface area contributed by atoms with Crippen molar-refractivity contribution in [2.45, 2.75) is 38.0 Å². The van der Waals surface area contributed by atoms with Crippen LogP contribution in [-0.2, 0) is 0 Å². The topological polar surface area (TPSA) is 0 Å². The lowest BCUT2D eigenvalue weighted by Gasteiger charge is -2.29. The molecule has 1 aromatic carbocycles. The standard InChI is InChI=1S/C12H13Br2Cl/c1-6-3-4-9(15)11-10(6)8(13)5-7(2)12(11)14/h5-6,9H,3-4H2,1-2H3. The largest absolute Gasteiger partial charge is 0.118 e. The van der Waals surface area contributed by atoms with Gasteiger partial charge in [0, 0.05) is 8.95 Å². The molecule has 1 aliphatic rings. The SMILES string of the molecule is Cc1cc(Br)c2c(c1Br)C(Cl)CCC2C. The Balaban J connectivity index is 2.71. The fourth-order valence-electron chi connectivity index (χ4n) is 2.28. The minimum Gasteiger partial charge on any atom is -0.118 e. The number of rotatable bonds is 0. The van der Waals surface area contributed by atoms with E-state index >= 15 is 0 Å². The molecular weight excluding hydrogens is 339 g/mol. The summed E-state index contributed by atoms with van der Waals surface area (Å²) in [7, 11) is 0. The van der Waals surface area contributed by atoms with Crippen LogP contribution in [0, 0.1) is 6.92 Å². The van der Waals surface area contributed by atoms with Gasteiger partial charge >= 0.3 is 0 Å². The third-order valence-electron chi connectivity index (χ3n) is 3.13. The van der Waals surface area contributed by atoms with Crippen molar-refractivity contribution in [3.63, 3.8) is 0 Å². The van der Waals surface area contributed by atoms with Gasteiger partial charge in [0.25, 0.3) is 0 Å². The van der Waals surface area contributed by atoms with Gasteiger partial charge in [-0.05, 0) is 48.4 Å². The monoisotopic (exact) mass is 350 g/mol. The van der Waals surface area contributed by atoms with Gasteiger partial charge < -0.3 is 0 Å². The summed E-state index contributed by atoms with van der Waals surface area (Å²) in [6.45, 7) is 4.38. The van der Waals surface area contributed by atoms with Crippen molar-refractivity contribution in [1.29, 1.82) is 0 Å². The summed E-state index contributed by atoms with van der Waals surface area (Å²) in [6, 6.07) is 2.17. The number of benzene rings is 1. The maximum absolute atomic E-state index is 6.41. The van der Waals surface area contributed by atoms with Crippen molar-refractivity contribution in [2.24, 2.45) is 0 Å². The van der Waals surface area contributed by atoms with Crippen LogP contribution in [0.25, 0.3) is 0 Å². The molecule has 0 radical (unpaired) electrons. The van der Waals surface area contributed by atoms with E-state index in [1.165, 1.54) is 32.1 Å². The normalized spacial score (nSPS) is 25.1. The molecule has 0 saturated heterocycles. The Morgan fingerprint density at radius 3 is 2.60 bits per heavy atom. The number of alkyl halides is 1.